The normalized spacial score (nSPS) is 18.4. The van der Waals surface area contributed by atoms with Crippen LogP contribution in [0.4, 0.5) is 5.82 Å². The van der Waals surface area contributed by atoms with Crippen molar-refractivity contribution in [2.24, 2.45) is 0 Å². The number of nitrogens with one attached hydrogen (secondary N) is 2. The molecule has 20 heavy (non-hydrogen) atoms. The van der Waals surface area contributed by atoms with Crippen molar-refractivity contribution in [1.29, 1.82) is 0 Å². The Kier molecular flexibility index (Phi) is 4.02. The molecule has 0 bridgehead atoms. The van der Waals surface area contributed by atoms with Crippen LogP contribution in [0.1, 0.15) is 19.3 Å². The Bertz CT molecular complexity index is 579. The molecule has 106 valence electrons. The molecule has 1 aliphatic heterocycles. The summed E-state index contributed by atoms with van der Waals surface area (Å²) in [6.45, 7) is 2.11. The number of rotatable bonds is 5. The highest BCUT2D eigenvalue weighted by Crippen LogP contribution is 2.25. The van der Waals surface area contributed by atoms with E-state index >= 15 is 0 Å². The molecule has 0 radical (unpaired) electrons. The second kappa shape index (κ2) is 6.09. The monoisotopic (exact) mass is 271 g/mol. The van der Waals surface area contributed by atoms with E-state index in [1.54, 1.807) is 7.11 Å². The van der Waals surface area contributed by atoms with Gasteiger partial charge in [-0.05, 0) is 49.4 Å². The molecule has 4 heteroatoms. The maximum Gasteiger partial charge on any atom is 0.133 e. The topological polar surface area (TPSA) is 46.2 Å². The first-order chi connectivity index (χ1) is 9.86. The molecule has 1 saturated heterocycles. The van der Waals surface area contributed by atoms with E-state index in [9.17, 15) is 0 Å². The number of benzene rings is 1. The predicted molar refractivity (Wildman–Crippen MR) is 82.4 cm³/mol. The van der Waals surface area contributed by atoms with Crippen molar-refractivity contribution in [3.05, 3.63) is 30.5 Å². The number of anilines is 1. The van der Waals surface area contributed by atoms with Gasteiger partial charge in [-0.3, -0.25) is 0 Å². The third-order valence-corrected chi connectivity index (χ3v) is 3.92. The van der Waals surface area contributed by atoms with E-state index in [0.29, 0.717) is 6.04 Å². The molecule has 0 aliphatic carbocycles. The molecule has 3 rings (SSSR count). The van der Waals surface area contributed by atoms with Crippen LogP contribution in [-0.4, -0.2) is 31.2 Å². The quantitative estimate of drug-likeness (QED) is 0.878. The molecule has 1 fully saturated rings. The molecule has 4 nitrogen and oxygen atoms in total. The summed E-state index contributed by atoms with van der Waals surface area (Å²) in [6.07, 6.45) is 5.58. The second-order valence-electron chi connectivity index (χ2n) is 5.26. The van der Waals surface area contributed by atoms with Gasteiger partial charge in [-0.25, -0.2) is 4.98 Å². The van der Waals surface area contributed by atoms with E-state index in [1.807, 2.05) is 24.4 Å². The number of methoxy groups -OCH3 is 1. The lowest BCUT2D eigenvalue weighted by Crippen LogP contribution is -2.24. The van der Waals surface area contributed by atoms with Crippen LogP contribution in [0.15, 0.2) is 30.5 Å². The van der Waals surface area contributed by atoms with Crippen molar-refractivity contribution in [3.63, 3.8) is 0 Å². The van der Waals surface area contributed by atoms with Gasteiger partial charge in [-0.2, -0.15) is 0 Å². The van der Waals surface area contributed by atoms with E-state index in [4.69, 9.17) is 4.74 Å². The first kappa shape index (κ1) is 13.2. The smallest absolute Gasteiger partial charge is 0.133 e. The molecule has 0 amide bonds. The van der Waals surface area contributed by atoms with Gasteiger partial charge in [-0.15, -0.1) is 0 Å². The molecule has 1 aromatic heterocycles. The van der Waals surface area contributed by atoms with E-state index < -0.39 is 0 Å². The Balaban J connectivity index is 1.72. The number of fused-ring (bicyclic) bond motifs is 1. The van der Waals surface area contributed by atoms with Crippen LogP contribution >= 0.6 is 0 Å². The van der Waals surface area contributed by atoms with Crippen LogP contribution in [0.25, 0.3) is 10.8 Å². The van der Waals surface area contributed by atoms with Gasteiger partial charge < -0.3 is 15.4 Å². The Morgan fingerprint density at radius 3 is 3.15 bits per heavy atom. The van der Waals surface area contributed by atoms with Crippen molar-refractivity contribution < 1.29 is 4.74 Å². The van der Waals surface area contributed by atoms with Crippen molar-refractivity contribution in [2.45, 2.75) is 25.3 Å². The van der Waals surface area contributed by atoms with Gasteiger partial charge in [-0.1, -0.05) is 6.07 Å². The van der Waals surface area contributed by atoms with Gasteiger partial charge in [0.05, 0.1) is 7.11 Å². The maximum absolute atomic E-state index is 5.30. The minimum absolute atomic E-state index is 0.659. The minimum Gasteiger partial charge on any atom is -0.497 e. The SMILES string of the molecule is COc1ccc2ccnc(NCC[C@H]3CCCN3)c2c1. The summed E-state index contributed by atoms with van der Waals surface area (Å²) >= 11 is 0. The fourth-order valence-corrected chi connectivity index (χ4v) is 2.78. The summed E-state index contributed by atoms with van der Waals surface area (Å²) in [7, 11) is 1.69. The molecule has 0 saturated carbocycles. The Morgan fingerprint density at radius 2 is 2.35 bits per heavy atom. The molecule has 2 N–H and O–H groups in total. The molecule has 0 spiro atoms. The summed E-state index contributed by atoms with van der Waals surface area (Å²) in [5, 5.41) is 9.28. The van der Waals surface area contributed by atoms with Crippen LogP contribution in [0.5, 0.6) is 5.75 Å². The van der Waals surface area contributed by atoms with Gasteiger partial charge in [0.25, 0.3) is 0 Å². The second-order valence-corrected chi connectivity index (χ2v) is 5.26. The standard InChI is InChI=1S/C16H21N3O/c1-20-14-5-4-12-6-9-18-16(15(12)11-14)19-10-7-13-3-2-8-17-13/h4-6,9,11,13,17H,2-3,7-8,10H2,1H3,(H,18,19)/t13-/m1/s1. The predicted octanol–water partition coefficient (Wildman–Crippen LogP) is 2.80. The minimum atomic E-state index is 0.659. The number of nitrogens with zero attached hydrogens (tertiary/aromatic N) is 1. The number of pyridine rings is 1. The number of hydrogen-bond donors (Lipinski definition) is 2. The number of aromatic nitrogens is 1. The molecule has 2 aromatic rings. The van der Waals surface area contributed by atoms with Crippen molar-refractivity contribution in [2.75, 3.05) is 25.5 Å². The fraction of sp³-hybridized carbons (Fsp3) is 0.438. The Hall–Kier alpha value is -1.81. The largest absolute Gasteiger partial charge is 0.497 e. The molecule has 1 atom stereocenters. The van der Waals surface area contributed by atoms with Gasteiger partial charge in [0, 0.05) is 24.2 Å². The lowest BCUT2D eigenvalue weighted by atomic mass is 10.1. The Morgan fingerprint density at radius 1 is 1.40 bits per heavy atom. The zero-order valence-corrected chi connectivity index (χ0v) is 11.9. The van der Waals surface area contributed by atoms with Crippen molar-refractivity contribution in [3.8, 4) is 5.75 Å². The van der Waals surface area contributed by atoms with Crippen LogP contribution < -0.4 is 15.4 Å². The van der Waals surface area contributed by atoms with Gasteiger partial charge >= 0.3 is 0 Å². The molecule has 2 heterocycles. The summed E-state index contributed by atoms with van der Waals surface area (Å²) in [5.74, 6) is 1.81. The molecule has 1 aliphatic rings. The zero-order chi connectivity index (χ0) is 13.8. The van der Waals surface area contributed by atoms with Crippen LogP contribution in [0.2, 0.25) is 0 Å². The van der Waals surface area contributed by atoms with Gasteiger partial charge in [0.15, 0.2) is 0 Å². The highest BCUT2D eigenvalue weighted by Gasteiger charge is 2.13. The third kappa shape index (κ3) is 2.85. The zero-order valence-electron chi connectivity index (χ0n) is 11.9. The van der Waals surface area contributed by atoms with Crippen LogP contribution in [0, 0.1) is 0 Å². The highest BCUT2D eigenvalue weighted by molar-refractivity contribution is 5.92. The van der Waals surface area contributed by atoms with E-state index in [2.05, 4.69) is 21.7 Å². The molecular formula is C16H21N3O. The fourth-order valence-electron chi connectivity index (χ4n) is 2.78. The van der Waals surface area contributed by atoms with Crippen LogP contribution in [0.3, 0.4) is 0 Å². The van der Waals surface area contributed by atoms with Gasteiger partial charge in [0.1, 0.15) is 11.6 Å². The average Bonchev–Trinajstić information content (AvgIpc) is 3.00. The summed E-state index contributed by atoms with van der Waals surface area (Å²) < 4.78 is 5.30. The molecule has 1 aromatic carbocycles. The average molecular weight is 271 g/mol. The molecular weight excluding hydrogens is 250 g/mol. The summed E-state index contributed by atoms with van der Waals surface area (Å²) in [4.78, 5) is 4.46. The van der Waals surface area contributed by atoms with Crippen molar-refractivity contribution >= 4 is 16.6 Å². The lowest BCUT2D eigenvalue weighted by molar-refractivity contribution is 0.415. The Labute approximate surface area is 119 Å². The highest BCUT2D eigenvalue weighted by atomic mass is 16.5. The first-order valence-corrected chi connectivity index (χ1v) is 7.27. The number of hydrogen-bond acceptors (Lipinski definition) is 4. The van der Waals surface area contributed by atoms with Gasteiger partial charge in [0.2, 0.25) is 0 Å². The van der Waals surface area contributed by atoms with Crippen molar-refractivity contribution in [1.82, 2.24) is 10.3 Å². The van der Waals surface area contributed by atoms with E-state index in [0.717, 1.165) is 36.5 Å². The van der Waals surface area contributed by atoms with E-state index in [-0.39, 0.29) is 0 Å². The van der Waals surface area contributed by atoms with E-state index in [1.165, 1.54) is 18.2 Å². The lowest BCUT2D eigenvalue weighted by Gasteiger charge is -2.13. The van der Waals surface area contributed by atoms with Crippen LogP contribution in [-0.2, 0) is 0 Å². The number of ether oxygens (including phenoxy) is 1. The first-order valence-electron chi connectivity index (χ1n) is 7.27. The summed E-state index contributed by atoms with van der Waals surface area (Å²) in [5.41, 5.74) is 0. The third-order valence-electron chi connectivity index (χ3n) is 3.92. The maximum atomic E-state index is 5.30. The summed E-state index contributed by atoms with van der Waals surface area (Å²) in [6, 6.07) is 8.78. The molecule has 0 unspecified atom stereocenters.